The van der Waals surface area contributed by atoms with Crippen LogP contribution in [-0.4, -0.2) is 42.5 Å². The van der Waals surface area contributed by atoms with E-state index in [1.165, 1.54) is 32.1 Å². The molecule has 122 valence electrons. The largest absolute Gasteiger partial charge is 0.368 e. The predicted molar refractivity (Wildman–Crippen MR) is 87.1 cm³/mol. The van der Waals surface area contributed by atoms with Crippen LogP contribution in [0.3, 0.4) is 0 Å². The third-order valence-corrected chi connectivity index (χ3v) is 5.78. The monoisotopic (exact) mass is 295 g/mol. The highest BCUT2D eigenvalue weighted by atomic mass is 16.1. The summed E-state index contributed by atoms with van der Waals surface area (Å²) >= 11 is 0. The number of likely N-dealkylation sites (N-methyl/N-ethyl adjacent to an activating group) is 1. The SMILES string of the molecule is CCNC1(C(N)=O)CCCC1CCN(C)C1CCCCC1. The number of nitrogens with zero attached hydrogens (tertiary/aromatic N) is 1. The zero-order chi connectivity index (χ0) is 15.3. The molecule has 0 radical (unpaired) electrons. The van der Waals surface area contributed by atoms with E-state index in [1.54, 1.807) is 0 Å². The van der Waals surface area contributed by atoms with Crippen molar-refractivity contribution in [2.75, 3.05) is 20.1 Å². The summed E-state index contributed by atoms with van der Waals surface area (Å²) in [6.45, 7) is 3.97. The molecule has 2 fully saturated rings. The molecule has 2 rings (SSSR count). The number of amides is 1. The molecule has 2 atom stereocenters. The molecule has 2 unspecified atom stereocenters. The maximum absolute atomic E-state index is 12.0. The van der Waals surface area contributed by atoms with Gasteiger partial charge in [-0.1, -0.05) is 32.6 Å². The fourth-order valence-corrected chi connectivity index (χ4v) is 4.49. The van der Waals surface area contributed by atoms with Gasteiger partial charge < -0.3 is 16.0 Å². The molecule has 0 spiro atoms. The first-order valence-electron chi connectivity index (χ1n) is 8.85. The molecule has 4 heteroatoms. The lowest BCUT2D eigenvalue weighted by Gasteiger charge is -2.36. The Morgan fingerprint density at radius 2 is 1.95 bits per heavy atom. The van der Waals surface area contributed by atoms with Crippen molar-refractivity contribution >= 4 is 5.91 Å². The van der Waals surface area contributed by atoms with Crippen LogP contribution in [0.15, 0.2) is 0 Å². The van der Waals surface area contributed by atoms with Crippen LogP contribution in [0.5, 0.6) is 0 Å². The lowest BCUT2D eigenvalue weighted by molar-refractivity contribution is -0.126. The second kappa shape index (κ2) is 7.59. The maximum atomic E-state index is 12.0. The summed E-state index contributed by atoms with van der Waals surface area (Å²) in [5.41, 5.74) is 5.30. The molecule has 0 aromatic rings. The van der Waals surface area contributed by atoms with Crippen LogP contribution in [0.1, 0.15) is 64.7 Å². The van der Waals surface area contributed by atoms with Gasteiger partial charge in [-0.15, -0.1) is 0 Å². The minimum atomic E-state index is -0.442. The van der Waals surface area contributed by atoms with Crippen molar-refractivity contribution < 1.29 is 4.79 Å². The first-order chi connectivity index (χ1) is 10.1. The maximum Gasteiger partial charge on any atom is 0.238 e. The third kappa shape index (κ3) is 3.78. The van der Waals surface area contributed by atoms with E-state index >= 15 is 0 Å². The minimum absolute atomic E-state index is 0.146. The number of primary amides is 1. The number of nitrogens with one attached hydrogen (secondary N) is 1. The molecule has 0 aromatic carbocycles. The van der Waals surface area contributed by atoms with Crippen LogP contribution in [0.4, 0.5) is 0 Å². The molecule has 0 saturated heterocycles. The molecule has 3 N–H and O–H groups in total. The third-order valence-electron chi connectivity index (χ3n) is 5.78. The van der Waals surface area contributed by atoms with Crippen molar-refractivity contribution in [2.24, 2.45) is 11.7 Å². The lowest BCUT2D eigenvalue weighted by atomic mass is 9.83. The molecular weight excluding hydrogens is 262 g/mol. The Labute approximate surface area is 129 Å². The average Bonchev–Trinajstić information content (AvgIpc) is 2.90. The molecule has 0 bridgehead atoms. The molecule has 4 nitrogen and oxygen atoms in total. The quantitative estimate of drug-likeness (QED) is 0.757. The number of rotatable bonds is 7. The van der Waals surface area contributed by atoms with E-state index < -0.39 is 5.54 Å². The Kier molecular flexibility index (Phi) is 6.06. The zero-order valence-electron chi connectivity index (χ0n) is 13.9. The number of carbonyl (C=O) groups excluding carboxylic acids is 1. The highest BCUT2D eigenvalue weighted by Gasteiger charge is 2.46. The minimum Gasteiger partial charge on any atom is -0.368 e. The van der Waals surface area contributed by atoms with Gasteiger partial charge in [-0.25, -0.2) is 0 Å². The van der Waals surface area contributed by atoms with Crippen LogP contribution in [-0.2, 0) is 4.79 Å². The van der Waals surface area contributed by atoms with Crippen molar-refractivity contribution in [3.63, 3.8) is 0 Å². The summed E-state index contributed by atoms with van der Waals surface area (Å²) in [4.78, 5) is 14.5. The van der Waals surface area contributed by atoms with Gasteiger partial charge in [-0.05, 0) is 58.2 Å². The lowest BCUT2D eigenvalue weighted by Crippen LogP contribution is -2.58. The van der Waals surface area contributed by atoms with Crippen LogP contribution < -0.4 is 11.1 Å². The van der Waals surface area contributed by atoms with E-state index in [2.05, 4.69) is 24.2 Å². The fourth-order valence-electron chi connectivity index (χ4n) is 4.49. The van der Waals surface area contributed by atoms with Gasteiger partial charge in [-0.2, -0.15) is 0 Å². The molecule has 2 aliphatic carbocycles. The van der Waals surface area contributed by atoms with Crippen LogP contribution in [0.25, 0.3) is 0 Å². The van der Waals surface area contributed by atoms with Gasteiger partial charge in [-0.3, -0.25) is 4.79 Å². The van der Waals surface area contributed by atoms with Crippen molar-refractivity contribution in [1.29, 1.82) is 0 Å². The first-order valence-corrected chi connectivity index (χ1v) is 8.85. The standard InChI is InChI=1S/C17H33N3O/c1-3-19-17(16(18)21)12-7-8-14(17)11-13-20(2)15-9-5-4-6-10-15/h14-15,19H,3-13H2,1-2H3,(H2,18,21). The summed E-state index contributed by atoms with van der Waals surface area (Å²) in [5, 5.41) is 3.42. The molecule has 0 heterocycles. The van der Waals surface area contributed by atoms with E-state index in [0.717, 1.165) is 44.8 Å². The van der Waals surface area contributed by atoms with Crippen molar-refractivity contribution in [3.8, 4) is 0 Å². The molecule has 0 aliphatic heterocycles. The smallest absolute Gasteiger partial charge is 0.238 e. The molecule has 0 aromatic heterocycles. The van der Waals surface area contributed by atoms with Crippen LogP contribution >= 0.6 is 0 Å². The van der Waals surface area contributed by atoms with Gasteiger partial charge >= 0.3 is 0 Å². The molecule has 21 heavy (non-hydrogen) atoms. The van der Waals surface area contributed by atoms with Gasteiger partial charge in [0.05, 0.1) is 0 Å². The summed E-state index contributed by atoms with van der Waals surface area (Å²) in [5.74, 6) is 0.258. The highest BCUT2D eigenvalue weighted by molar-refractivity contribution is 5.85. The Morgan fingerprint density at radius 3 is 2.57 bits per heavy atom. The van der Waals surface area contributed by atoms with Crippen LogP contribution in [0.2, 0.25) is 0 Å². The van der Waals surface area contributed by atoms with Gasteiger partial charge in [0.1, 0.15) is 5.54 Å². The molecular formula is C17H33N3O. The van der Waals surface area contributed by atoms with Crippen molar-refractivity contribution in [2.45, 2.75) is 76.3 Å². The number of hydrogen-bond acceptors (Lipinski definition) is 3. The number of nitrogens with two attached hydrogens (primary N) is 1. The predicted octanol–water partition coefficient (Wildman–Crippen LogP) is 2.27. The summed E-state index contributed by atoms with van der Waals surface area (Å²) in [7, 11) is 2.25. The van der Waals surface area contributed by atoms with E-state index in [0.29, 0.717) is 5.92 Å². The zero-order valence-corrected chi connectivity index (χ0v) is 13.9. The van der Waals surface area contributed by atoms with Gasteiger partial charge in [0, 0.05) is 6.04 Å². The second-order valence-corrected chi connectivity index (χ2v) is 7.02. The molecule has 2 saturated carbocycles. The normalized spacial score (nSPS) is 30.9. The summed E-state index contributed by atoms with van der Waals surface area (Å²) in [6, 6.07) is 0.752. The van der Waals surface area contributed by atoms with E-state index in [9.17, 15) is 4.79 Å². The Morgan fingerprint density at radius 1 is 1.24 bits per heavy atom. The van der Waals surface area contributed by atoms with Crippen molar-refractivity contribution in [3.05, 3.63) is 0 Å². The van der Waals surface area contributed by atoms with E-state index in [4.69, 9.17) is 5.73 Å². The van der Waals surface area contributed by atoms with E-state index in [1.807, 2.05) is 0 Å². The Bertz CT molecular complexity index is 341. The number of hydrogen-bond donors (Lipinski definition) is 2. The average molecular weight is 295 g/mol. The number of carbonyl (C=O) groups is 1. The highest BCUT2D eigenvalue weighted by Crippen LogP contribution is 2.38. The van der Waals surface area contributed by atoms with Gasteiger partial charge in [0.25, 0.3) is 0 Å². The van der Waals surface area contributed by atoms with Gasteiger partial charge in [0.15, 0.2) is 0 Å². The van der Waals surface area contributed by atoms with Crippen molar-refractivity contribution in [1.82, 2.24) is 10.2 Å². The Hall–Kier alpha value is -0.610. The Balaban J connectivity index is 1.89. The van der Waals surface area contributed by atoms with Crippen LogP contribution in [0, 0.1) is 5.92 Å². The van der Waals surface area contributed by atoms with Gasteiger partial charge in [0.2, 0.25) is 5.91 Å². The molecule has 1 amide bonds. The second-order valence-electron chi connectivity index (χ2n) is 7.02. The van der Waals surface area contributed by atoms with E-state index in [-0.39, 0.29) is 5.91 Å². The topological polar surface area (TPSA) is 58.4 Å². The first kappa shape index (κ1) is 16.8. The summed E-state index contributed by atoms with van der Waals surface area (Å²) < 4.78 is 0. The summed E-state index contributed by atoms with van der Waals surface area (Å²) in [6.07, 6.45) is 11.1. The molecule has 2 aliphatic rings. The fraction of sp³-hybridized carbons (Fsp3) is 0.941.